The molecule has 31 heavy (non-hydrogen) atoms. The number of alkyl halides is 3. The van der Waals surface area contributed by atoms with Gasteiger partial charge in [0.1, 0.15) is 5.75 Å². The molecule has 2 heterocycles. The lowest BCUT2D eigenvalue weighted by molar-refractivity contribution is -0.274. The second-order valence-corrected chi connectivity index (χ2v) is 8.69. The molecule has 0 aliphatic carbocycles. The molecular formula is C19H17F3N2O6S. The van der Waals surface area contributed by atoms with Crippen molar-refractivity contribution in [3.63, 3.8) is 0 Å². The fraction of sp³-hybridized carbons (Fsp3) is 0.316. The number of nitrogens with zero attached hydrogens (tertiary/aromatic N) is 2. The minimum absolute atomic E-state index is 0.0262. The van der Waals surface area contributed by atoms with Gasteiger partial charge in [-0.15, -0.1) is 13.2 Å². The molecule has 0 radical (unpaired) electrons. The maximum absolute atomic E-state index is 12.9. The van der Waals surface area contributed by atoms with Gasteiger partial charge in [-0.2, -0.15) is 4.31 Å². The molecule has 0 N–H and O–H groups in total. The molecular weight excluding hydrogens is 441 g/mol. The predicted molar refractivity (Wildman–Crippen MR) is 100 cm³/mol. The smallest absolute Gasteiger partial charge is 0.454 e. The summed E-state index contributed by atoms with van der Waals surface area (Å²) in [5, 5.41) is 0. The summed E-state index contributed by atoms with van der Waals surface area (Å²) >= 11 is 0. The van der Waals surface area contributed by atoms with Crippen LogP contribution in [0.15, 0.2) is 47.4 Å². The fourth-order valence-electron chi connectivity index (χ4n) is 3.36. The zero-order valence-corrected chi connectivity index (χ0v) is 16.8. The first kappa shape index (κ1) is 21.2. The van der Waals surface area contributed by atoms with Crippen LogP contribution in [0, 0.1) is 0 Å². The summed E-state index contributed by atoms with van der Waals surface area (Å²) in [6.45, 7) is 0.413. The number of sulfonamides is 1. The van der Waals surface area contributed by atoms with E-state index in [2.05, 4.69) is 4.74 Å². The number of para-hydroxylation sites is 1. The fourth-order valence-corrected chi connectivity index (χ4v) is 4.79. The lowest BCUT2D eigenvalue weighted by Crippen LogP contribution is -2.50. The van der Waals surface area contributed by atoms with Gasteiger partial charge in [0.2, 0.25) is 16.8 Å². The number of ether oxygens (including phenoxy) is 3. The highest BCUT2D eigenvalue weighted by Crippen LogP contribution is 2.36. The summed E-state index contributed by atoms with van der Waals surface area (Å²) in [6, 6.07) is 8.97. The second kappa shape index (κ2) is 7.93. The molecule has 2 aromatic rings. The van der Waals surface area contributed by atoms with Crippen LogP contribution in [0.5, 0.6) is 17.2 Å². The van der Waals surface area contributed by atoms with E-state index in [1.54, 1.807) is 18.2 Å². The van der Waals surface area contributed by atoms with Gasteiger partial charge in [0, 0.05) is 26.2 Å². The number of piperazine rings is 1. The molecule has 1 saturated heterocycles. The van der Waals surface area contributed by atoms with Gasteiger partial charge in [0.25, 0.3) is 5.91 Å². The summed E-state index contributed by atoms with van der Waals surface area (Å²) in [7, 11) is -3.93. The Morgan fingerprint density at radius 2 is 1.65 bits per heavy atom. The van der Waals surface area contributed by atoms with E-state index in [9.17, 15) is 26.4 Å². The topological polar surface area (TPSA) is 85.4 Å². The van der Waals surface area contributed by atoms with Crippen LogP contribution in [0.2, 0.25) is 0 Å². The van der Waals surface area contributed by atoms with E-state index < -0.39 is 22.1 Å². The number of fused-ring (bicyclic) bond motifs is 1. The average molecular weight is 458 g/mol. The van der Waals surface area contributed by atoms with Crippen LogP contribution < -0.4 is 14.2 Å². The van der Waals surface area contributed by atoms with E-state index in [1.165, 1.54) is 9.21 Å². The van der Waals surface area contributed by atoms with Crippen LogP contribution in [0.1, 0.15) is 10.4 Å². The SMILES string of the molecule is O=C(c1cccc2c1OCO2)N1CCN(S(=O)(=O)c2ccc(OC(F)(F)F)cc2)CC1. The highest BCUT2D eigenvalue weighted by Gasteiger charge is 2.33. The molecule has 0 atom stereocenters. The largest absolute Gasteiger partial charge is 0.573 e. The highest BCUT2D eigenvalue weighted by atomic mass is 32.2. The standard InChI is InChI=1S/C19H17F3N2O6S/c20-19(21,22)30-13-4-6-14(7-5-13)31(26,27)24-10-8-23(9-11-24)18(25)15-2-1-3-16-17(15)29-12-28-16/h1-7H,8-12H2. The maximum atomic E-state index is 12.9. The Kier molecular flexibility index (Phi) is 5.43. The molecule has 1 fully saturated rings. The molecule has 0 aromatic heterocycles. The molecule has 2 aromatic carbocycles. The van der Waals surface area contributed by atoms with Crippen LogP contribution in [0.25, 0.3) is 0 Å². The molecule has 166 valence electrons. The minimum Gasteiger partial charge on any atom is -0.454 e. The molecule has 2 aliphatic rings. The summed E-state index contributed by atoms with van der Waals surface area (Å²) < 4.78 is 78.0. The molecule has 12 heteroatoms. The van der Waals surface area contributed by atoms with Crippen molar-refractivity contribution in [2.24, 2.45) is 0 Å². The minimum atomic E-state index is -4.86. The normalized spacial score (nSPS) is 16.9. The van der Waals surface area contributed by atoms with E-state index in [-0.39, 0.29) is 43.8 Å². The summed E-state index contributed by atoms with van der Waals surface area (Å²) in [5.41, 5.74) is 0.339. The molecule has 0 unspecified atom stereocenters. The van der Waals surface area contributed by atoms with Crippen LogP contribution in [-0.4, -0.2) is 62.9 Å². The third-order valence-corrected chi connectivity index (χ3v) is 6.76. The Morgan fingerprint density at radius 1 is 0.968 bits per heavy atom. The van der Waals surface area contributed by atoms with Crippen molar-refractivity contribution >= 4 is 15.9 Å². The first-order valence-electron chi connectivity index (χ1n) is 9.19. The number of rotatable bonds is 4. The third kappa shape index (κ3) is 4.39. The molecule has 8 nitrogen and oxygen atoms in total. The van der Waals surface area contributed by atoms with Gasteiger partial charge in [0.15, 0.2) is 11.5 Å². The Hall–Kier alpha value is -2.99. The van der Waals surface area contributed by atoms with Crippen LogP contribution in [0.3, 0.4) is 0 Å². The van der Waals surface area contributed by atoms with Gasteiger partial charge in [0.05, 0.1) is 10.5 Å². The maximum Gasteiger partial charge on any atom is 0.573 e. The molecule has 0 bridgehead atoms. The molecule has 0 saturated carbocycles. The van der Waals surface area contributed by atoms with Crippen LogP contribution in [0.4, 0.5) is 13.2 Å². The highest BCUT2D eigenvalue weighted by molar-refractivity contribution is 7.89. The zero-order valence-electron chi connectivity index (χ0n) is 16.0. The van der Waals surface area contributed by atoms with E-state index in [4.69, 9.17) is 9.47 Å². The zero-order chi connectivity index (χ0) is 22.2. The summed E-state index contributed by atoms with van der Waals surface area (Å²) in [6.07, 6.45) is -4.86. The van der Waals surface area contributed by atoms with Gasteiger partial charge in [-0.3, -0.25) is 4.79 Å². The van der Waals surface area contributed by atoms with Crippen molar-refractivity contribution < 1.29 is 40.6 Å². The number of hydrogen-bond acceptors (Lipinski definition) is 6. The van der Waals surface area contributed by atoms with Crippen molar-refractivity contribution in [3.8, 4) is 17.2 Å². The van der Waals surface area contributed by atoms with E-state index in [0.29, 0.717) is 17.1 Å². The van der Waals surface area contributed by atoms with Crippen molar-refractivity contribution in [1.29, 1.82) is 0 Å². The number of carbonyl (C=O) groups is 1. The van der Waals surface area contributed by atoms with Gasteiger partial charge in [-0.1, -0.05) is 6.07 Å². The van der Waals surface area contributed by atoms with Crippen LogP contribution in [-0.2, 0) is 10.0 Å². The average Bonchev–Trinajstić information content (AvgIpc) is 3.21. The van der Waals surface area contributed by atoms with Gasteiger partial charge >= 0.3 is 6.36 Å². The Balaban J connectivity index is 1.42. The third-order valence-electron chi connectivity index (χ3n) is 4.85. The molecule has 0 spiro atoms. The molecule has 4 rings (SSSR count). The van der Waals surface area contributed by atoms with E-state index >= 15 is 0 Å². The monoisotopic (exact) mass is 458 g/mol. The summed E-state index contributed by atoms with van der Waals surface area (Å²) in [5.74, 6) is 0.0326. The second-order valence-electron chi connectivity index (χ2n) is 6.75. The van der Waals surface area contributed by atoms with Crippen LogP contribution >= 0.6 is 0 Å². The van der Waals surface area contributed by atoms with E-state index in [1.807, 2.05) is 0 Å². The predicted octanol–water partition coefficient (Wildman–Crippen LogP) is 2.46. The van der Waals surface area contributed by atoms with Gasteiger partial charge < -0.3 is 19.1 Å². The quantitative estimate of drug-likeness (QED) is 0.700. The first-order valence-corrected chi connectivity index (χ1v) is 10.6. The van der Waals surface area contributed by atoms with Crippen molar-refractivity contribution in [1.82, 2.24) is 9.21 Å². The van der Waals surface area contributed by atoms with Crippen molar-refractivity contribution in [2.45, 2.75) is 11.3 Å². The van der Waals surface area contributed by atoms with Gasteiger partial charge in [-0.05, 0) is 36.4 Å². The number of carbonyl (C=O) groups excluding carboxylic acids is 1. The summed E-state index contributed by atoms with van der Waals surface area (Å²) in [4.78, 5) is 14.2. The lowest BCUT2D eigenvalue weighted by Gasteiger charge is -2.34. The number of hydrogen-bond donors (Lipinski definition) is 0. The Bertz CT molecular complexity index is 1080. The number of amides is 1. The Morgan fingerprint density at radius 3 is 2.29 bits per heavy atom. The Labute approximate surface area is 175 Å². The lowest BCUT2D eigenvalue weighted by atomic mass is 10.1. The van der Waals surface area contributed by atoms with Crippen molar-refractivity contribution in [2.75, 3.05) is 33.0 Å². The molecule has 2 aliphatic heterocycles. The van der Waals surface area contributed by atoms with Crippen molar-refractivity contribution in [3.05, 3.63) is 48.0 Å². The molecule has 1 amide bonds. The van der Waals surface area contributed by atoms with Gasteiger partial charge in [-0.25, -0.2) is 8.42 Å². The van der Waals surface area contributed by atoms with E-state index in [0.717, 1.165) is 24.3 Å². The first-order chi connectivity index (χ1) is 14.6. The number of benzene rings is 2. The number of halogens is 3.